The second-order valence-electron chi connectivity index (χ2n) is 7.24. The molecule has 1 aromatic heterocycles. The molecule has 2 aromatic carbocycles. The van der Waals surface area contributed by atoms with Crippen LogP contribution < -0.4 is 10.2 Å². The number of nitrogens with zero attached hydrogens (tertiary/aromatic N) is 2. The van der Waals surface area contributed by atoms with Crippen molar-refractivity contribution in [3.05, 3.63) is 65.9 Å². The minimum Gasteiger partial charge on any atom is -0.371 e. The van der Waals surface area contributed by atoms with E-state index in [9.17, 15) is 13.6 Å². The fraction of sp³-hybridized carbons (Fsp3) is 0.318. The lowest BCUT2D eigenvalue weighted by Crippen LogP contribution is -2.32. The number of carbonyl (C=O) groups excluding carboxylic acids is 1. The van der Waals surface area contributed by atoms with Crippen LogP contribution in [0.5, 0.6) is 0 Å². The van der Waals surface area contributed by atoms with E-state index in [1.807, 2.05) is 46.7 Å². The molecule has 1 N–H and O–H groups in total. The summed E-state index contributed by atoms with van der Waals surface area (Å²) < 4.78 is 28.6. The van der Waals surface area contributed by atoms with Crippen molar-refractivity contribution in [2.24, 2.45) is 5.92 Å². The summed E-state index contributed by atoms with van der Waals surface area (Å²) >= 11 is 0. The molecule has 0 saturated carbocycles. The number of hydrogen-bond acceptors (Lipinski definition) is 2. The fourth-order valence-corrected chi connectivity index (χ4v) is 3.98. The summed E-state index contributed by atoms with van der Waals surface area (Å²) in [6, 6.07) is 13.9. The fourth-order valence-electron chi connectivity index (χ4n) is 3.98. The van der Waals surface area contributed by atoms with Gasteiger partial charge in [-0.3, -0.25) is 4.79 Å². The molecule has 0 bridgehead atoms. The highest BCUT2D eigenvalue weighted by Crippen LogP contribution is 2.25. The van der Waals surface area contributed by atoms with Crippen molar-refractivity contribution in [2.45, 2.75) is 19.9 Å². The molecule has 1 amide bonds. The van der Waals surface area contributed by atoms with Crippen LogP contribution >= 0.6 is 0 Å². The van der Waals surface area contributed by atoms with Gasteiger partial charge in [-0.2, -0.15) is 0 Å². The first-order valence-corrected chi connectivity index (χ1v) is 9.63. The molecule has 1 atom stereocenters. The Labute approximate surface area is 162 Å². The third-order valence-corrected chi connectivity index (χ3v) is 5.46. The summed E-state index contributed by atoms with van der Waals surface area (Å²) in [5.41, 5.74) is 2.40. The molecular weight excluding hydrogens is 360 g/mol. The molecule has 0 spiro atoms. The van der Waals surface area contributed by atoms with Gasteiger partial charge in [0.1, 0.15) is 5.69 Å². The van der Waals surface area contributed by atoms with Gasteiger partial charge >= 0.3 is 0 Å². The molecule has 28 heavy (non-hydrogen) atoms. The molecule has 1 fully saturated rings. The molecule has 0 radical (unpaired) electrons. The van der Waals surface area contributed by atoms with Crippen molar-refractivity contribution in [1.82, 2.24) is 9.88 Å². The summed E-state index contributed by atoms with van der Waals surface area (Å²) in [6.07, 6.45) is 0.899. The van der Waals surface area contributed by atoms with E-state index in [4.69, 9.17) is 0 Å². The molecule has 4 rings (SSSR count). The van der Waals surface area contributed by atoms with E-state index in [-0.39, 0.29) is 11.8 Å². The maximum Gasteiger partial charge on any atom is 0.267 e. The normalized spacial score (nSPS) is 16.7. The Kier molecular flexibility index (Phi) is 5.03. The zero-order valence-corrected chi connectivity index (χ0v) is 15.8. The van der Waals surface area contributed by atoms with Crippen molar-refractivity contribution in [2.75, 3.05) is 24.5 Å². The number of fused-ring (bicyclic) bond motifs is 1. The first-order chi connectivity index (χ1) is 13.6. The lowest BCUT2D eigenvalue weighted by atomic mass is 10.1. The number of para-hydroxylation sites is 1. The van der Waals surface area contributed by atoms with Gasteiger partial charge in [-0.15, -0.1) is 0 Å². The molecule has 1 unspecified atom stereocenters. The van der Waals surface area contributed by atoms with Crippen LogP contribution in [0.1, 0.15) is 23.8 Å². The summed E-state index contributed by atoms with van der Waals surface area (Å²) in [7, 11) is 0. The predicted molar refractivity (Wildman–Crippen MR) is 107 cm³/mol. The summed E-state index contributed by atoms with van der Waals surface area (Å²) in [5.74, 6) is -1.47. The van der Waals surface area contributed by atoms with Crippen LogP contribution in [0.4, 0.5) is 14.5 Å². The Morgan fingerprint density at radius 2 is 1.96 bits per heavy atom. The van der Waals surface area contributed by atoms with Crippen LogP contribution in [0.3, 0.4) is 0 Å². The number of carbonyl (C=O) groups is 1. The highest BCUT2D eigenvalue weighted by Gasteiger charge is 2.24. The Hall–Kier alpha value is -2.89. The monoisotopic (exact) mass is 383 g/mol. The summed E-state index contributed by atoms with van der Waals surface area (Å²) in [4.78, 5) is 14.8. The number of aromatic nitrogens is 1. The lowest BCUT2D eigenvalue weighted by molar-refractivity contribution is 0.0939. The topological polar surface area (TPSA) is 37.3 Å². The van der Waals surface area contributed by atoms with Crippen LogP contribution in [-0.2, 0) is 6.54 Å². The minimum absolute atomic E-state index is 0.0793. The van der Waals surface area contributed by atoms with Crippen LogP contribution in [0.2, 0.25) is 0 Å². The van der Waals surface area contributed by atoms with Gasteiger partial charge < -0.3 is 14.8 Å². The predicted octanol–water partition coefficient (Wildman–Crippen LogP) is 4.20. The maximum atomic E-state index is 13.5. The number of nitrogens with one attached hydrogen (secondary N) is 1. The van der Waals surface area contributed by atoms with Gasteiger partial charge in [-0.1, -0.05) is 18.2 Å². The Balaban J connectivity index is 1.40. The quantitative estimate of drug-likeness (QED) is 0.717. The van der Waals surface area contributed by atoms with Crippen molar-refractivity contribution in [3.8, 4) is 0 Å². The highest BCUT2D eigenvalue weighted by molar-refractivity contribution is 5.98. The molecule has 1 saturated heterocycles. The molecule has 146 valence electrons. The van der Waals surface area contributed by atoms with Gasteiger partial charge in [0.05, 0.1) is 0 Å². The van der Waals surface area contributed by atoms with Crippen molar-refractivity contribution in [1.29, 1.82) is 0 Å². The number of amides is 1. The SMILES string of the molecule is CCn1c(C(=O)NCC2CCN(c3ccc(F)c(F)c3)C2)cc2ccccc21. The summed E-state index contributed by atoms with van der Waals surface area (Å²) in [6.45, 7) is 4.79. The second-order valence-corrected chi connectivity index (χ2v) is 7.24. The molecule has 1 aliphatic heterocycles. The molecule has 2 heterocycles. The molecule has 4 nitrogen and oxygen atoms in total. The zero-order valence-electron chi connectivity index (χ0n) is 15.8. The van der Waals surface area contributed by atoms with Gasteiger partial charge in [0.25, 0.3) is 5.91 Å². The third kappa shape index (κ3) is 3.46. The van der Waals surface area contributed by atoms with E-state index >= 15 is 0 Å². The average Bonchev–Trinajstić information content (AvgIpc) is 3.32. The zero-order chi connectivity index (χ0) is 19.7. The van der Waals surface area contributed by atoms with Gasteiger partial charge in [0.2, 0.25) is 0 Å². The van der Waals surface area contributed by atoms with Crippen LogP contribution in [0.25, 0.3) is 10.9 Å². The van der Waals surface area contributed by atoms with Gasteiger partial charge in [0, 0.05) is 48.8 Å². The number of benzene rings is 2. The van der Waals surface area contributed by atoms with Crippen LogP contribution in [-0.4, -0.2) is 30.1 Å². The lowest BCUT2D eigenvalue weighted by Gasteiger charge is -2.19. The molecule has 3 aromatic rings. The van der Waals surface area contributed by atoms with E-state index in [1.54, 1.807) is 6.07 Å². The highest BCUT2D eigenvalue weighted by atomic mass is 19.2. The van der Waals surface area contributed by atoms with E-state index in [1.165, 1.54) is 6.07 Å². The molecule has 1 aliphatic rings. The number of aryl methyl sites for hydroxylation is 1. The minimum atomic E-state index is -0.835. The Morgan fingerprint density at radius 1 is 1.14 bits per heavy atom. The first kappa shape index (κ1) is 18.5. The maximum absolute atomic E-state index is 13.5. The Bertz CT molecular complexity index is 1010. The molecule has 6 heteroatoms. The largest absolute Gasteiger partial charge is 0.371 e. The Morgan fingerprint density at radius 3 is 2.75 bits per heavy atom. The average molecular weight is 383 g/mol. The van der Waals surface area contributed by atoms with Crippen LogP contribution in [0, 0.1) is 17.6 Å². The molecular formula is C22H23F2N3O. The van der Waals surface area contributed by atoms with Gasteiger partial charge in [-0.25, -0.2) is 8.78 Å². The van der Waals surface area contributed by atoms with Crippen molar-refractivity contribution in [3.63, 3.8) is 0 Å². The number of halogens is 2. The number of rotatable bonds is 5. The van der Waals surface area contributed by atoms with E-state index in [0.29, 0.717) is 24.5 Å². The second kappa shape index (κ2) is 7.62. The van der Waals surface area contributed by atoms with Gasteiger partial charge in [-0.05, 0) is 43.5 Å². The first-order valence-electron chi connectivity index (χ1n) is 9.63. The van der Waals surface area contributed by atoms with E-state index < -0.39 is 11.6 Å². The van der Waals surface area contributed by atoms with E-state index in [2.05, 4.69) is 5.32 Å². The molecule has 0 aliphatic carbocycles. The number of anilines is 1. The van der Waals surface area contributed by atoms with Crippen LogP contribution in [0.15, 0.2) is 48.5 Å². The third-order valence-electron chi connectivity index (χ3n) is 5.46. The number of hydrogen-bond donors (Lipinski definition) is 1. The van der Waals surface area contributed by atoms with Gasteiger partial charge in [0.15, 0.2) is 11.6 Å². The standard InChI is InChI=1S/C22H23F2N3O/c1-2-27-20-6-4-3-5-16(20)11-21(27)22(28)25-13-15-9-10-26(14-15)17-7-8-18(23)19(24)12-17/h3-8,11-12,15H,2,9-10,13-14H2,1H3,(H,25,28). The van der Waals surface area contributed by atoms with Crippen molar-refractivity contribution >= 4 is 22.5 Å². The summed E-state index contributed by atoms with van der Waals surface area (Å²) in [5, 5.41) is 4.10. The smallest absolute Gasteiger partial charge is 0.267 e. The van der Waals surface area contributed by atoms with E-state index in [0.717, 1.165) is 36.5 Å². The van der Waals surface area contributed by atoms with Crippen molar-refractivity contribution < 1.29 is 13.6 Å².